The minimum Gasteiger partial charge on any atom is -0.454 e. The molecule has 130 valence electrons. The lowest BCUT2D eigenvalue weighted by Gasteiger charge is -2.15. The number of ether oxygens (including phenoxy) is 1. The fourth-order valence-corrected chi connectivity index (χ4v) is 1.81. The van der Waals surface area contributed by atoms with Crippen molar-refractivity contribution in [1.82, 2.24) is 15.5 Å². The first kappa shape index (κ1) is 19.6. The molecule has 3 amide bonds. The van der Waals surface area contributed by atoms with Crippen LogP contribution in [0.1, 0.15) is 10.4 Å². The first-order chi connectivity index (χ1) is 11.3. The Labute approximate surface area is 147 Å². The lowest BCUT2D eigenvalue weighted by Crippen LogP contribution is -2.39. The van der Waals surface area contributed by atoms with Gasteiger partial charge in [-0.25, -0.2) is 0 Å². The number of likely N-dealkylation sites (N-methyl/N-ethyl adjacent to an activating group) is 2. The van der Waals surface area contributed by atoms with Crippen LogP contribution in [0.4, 0.5) is 0 Å². The second-order valence-electron chi connectivity index (χ2n) is 4.77. The molecular formula is C15H18BrN3O5. The lowest BCUT2D eigenvalue weighted by atomic mass is 10.2. The maximum absolute atomic E-state index is 11.8. The van der Waals surface area contributed by atoms with Gasteiger partial charge in [-0.15, -0.1) is 0 Å². The van der Waals surface area contributed by atoms with Crippen LogP contribution in [0.25, 0.3) is 0 Å². The van der Waals surface area contributed by atoms with Gasteiger partial charge in [-0.3, -0.25) is 19.2 Å². The third-order valence-electron chi connectivity index (χ3n) is 2.94. The molecule has 1 aromatic rings. The van der Waals surface area contributed by atoms with Crippen molar-refractivity contribution < 1.29 is 23.9 Å². The summed E-state index contributed by atoms with van der Waals surface area (Å²) in [6.45, 7) is -0.991. The second kappa shape index (κ2) is 9.66. The van der Waals surface area contributed by atoms with E-state index in [4.69, 9.17) is 4.74 Å². The SMILES string of the molecule is CNC(=O)CN(C)C(=O)COC(=O)CNC(=O)c1ccc(Br)cc1. The first-order valence-electron chi connectivity index (χ1n) is 6.97. The minimum atomic E-state index is -0.748. The lowest BCUT2D eigenvalue weighted by molar-refractivity contribution is -0.151. The van der Waals surface area contributed by atoms with Gasteiger partial charge in [-0.2, -0.15) is 0 Å². The molecule has 2 N–H and O–H groups in total. The Balaban J connectivity index is 2.33. The zero-order chi connectivity index (χ0) is 18.1. The van der Waals surface area contributed by atoms with Gasteiger partial charge in [0.2, 0.25) is 5.91 Å². The smallest absolute Gasteiger partial charge is 0.325 e. The highest BCUT2D eigenvalue weighted by Gasteiger charge is 2.15. The summed E-state index contributed by atoms with van der Waals surface area (Å²) in [5, 5.41) is 4.77. The quantitative estimate of drug-likeness (QED) is 0.624. The third kappa shape index (κ3) is 6.78. The fraction of sp³-hybridized carbons (Fsp3) is 0.333. The van der Waals surface area contributed by atoms with Crippen molar-refractivity contribution in [3.8, 4) is 0 Å². The molecule has 0 saturated heterocycles. The second-order valence-corrected chi connectivity index (χ2v) is 5.69. The molecule has 9 heteroatoms. The van der Waals surface area contributed by atoms with Crippen molar-refractivity contribution in [3.05, 3.63) is 34.3 Å². The molecule has 0 unspecified atom stereocenters. The molecule has 8 nitrogen and oxygen atoms in total. The highest BCUT2D eigenvalue weighted by atomic mass is 79.9. The van der Waals surface area contributed by atoms with Crippen molar-refractivity contribution in [2.75, 3.05) is 33.8 Å². The number of halogens is 1. The number of hydrogen-bond donors (Lipinski definition) is 2. The number of nitrogens with one attached hydrogen (secondary N) is 2. The number of carbonyl (C=O) groups excluding carboxylic acids is 4. The average molecular weight is 400 g/mol. The molecule has 0 aliphatic rings. The number of nitrogens with zero attached hydrogens (tertiary/aromatic N) is 1. The molecule has 0 radical (unpaired) electrons. The van der Waals surface area contributed by atoms with Gasteiger partial charge >= 0.3 is 5.97 Å². The van der Waals surface area contributed by atoms with Crippen LogP contribution in [0.15, 0.2) is 28.7 Å². The van der Waals surface area contributed by atoms with E-state index in [1.807, 2.05) is 0 Å². The summed E-state index contributed by atoms with van der Waals surface area (Å²) in [6.07, 6.45) is 0. The number of hydrogen-bond acceptors (Lipinski definition) is 5. The zero-order valence-corrected chi connectivity index (χ0v) is 14.9. The van der Waals surface area contributed by atoms with Crippen molar-refractivity contribution >= 4 is 39.6 Å². The van der Waals surface area contributed by atoms with Gasteiger partial charge in [-0.05, 0) is 24.3 Å². The summed E-state index contributed by atoms with van der Waals surface area (Å²) in [7, 11) is 2.87. The molecule has 0 aromatic heterocycles. The van der Waals surface area contributed by atoms with Gasteiger partial charge < -0.3 is 20.3 Å². The normalized spacial score (nSPS) is 9.79. The number of carbonyl (C=O) groups is 4. The van der Waals surface area contributed by atoms with Crippen LogP contribution in [0.5, 0.6) is 0 Å². The molecule has 0 aliphatic carbocycles. The number of benzene rings is 1. The van der Waals surface area contributed by atoms with Crippen LogP contribution in [0, 0.1) is 0 Å². The van der Waals surface area contributed by atoms with E-state index in [2.05, 4.69) is 26.6 Å². The number of esters is 1. The molecule has 0 atom stereocenters. The molecular weight excluding hydrogens is 382 g/mol. The Morgan fingerprint density at radius 1 is 1.17 bits per heavy atom. The highest BCUT2D eigenvalue weighted by Crippen LogP contribution is 2.10. The van der Waals surface area contributed by atoms with E-state index in [0.717, 1.165) is 9.37 Å². The summed E-state index contributed by atoms with van der Waals surface area (Å²) in [5.41, 5.74) is 0.396. The summed E-state index contributed by atoms with van der Waals surface area (Å²) < 4.78 is 5.59. The maximum Gasteiger partial charge on any atom is 0.325 e. The van der Waals surface area contributed by atoms with E-state index in [9.17, 15) is 19.2 Å². The Kier molecular flexibility index (Phi) is 7.90. The molecule has 24 heavy (non-hydrogen) atoms. The van der Waals surface area contributed by atoms with Crippen LogP contribution >= 0.6 is 15.9 Å². The molecule has 0 saturated carbocycles. The van der Waals surface area contributed by atoms with Crippen molar-refractivity contribution in [2.45, 2.75) is 0 Å². The standard InChI is InChI=1S/C15H18BrN3O5/c1-17-12(20)8-19(2)13(21)9-24-14(22)7-18-15(23)10-3-5-11(16)6-4-10/h3-6H,7-9H2,1-2H3,(H,17,20)(H,18,23). The highest BCUT2D eigenvalue weighted by molar-refractivity contribution is 9.10. The van der Waals surface area contributed by atoms with Gasteiger partial charge in [0.1, 0.15) is 6.54 Å². The van der Waals surface area contributed by atoms with Crippen molar-refractivity contribution in [2.24, 2.45) is 0 Å². The minimum absolute atomic E-state index is 0.132. The monoisotopic (exact) mass is 399 g/mol. The molecule has 0 aliphatic heterocycles. The average Bonchev–Trinajstić information content (AvgIpc) is 2.57. The predicted molar refractivity (Wildman–Crippen MR) is 89.1 cm³/mol. The molecule has 0 heterocycles. The summed E-state index contributed by atoms with van der Waals surface area (Å²) >= 11 is 3.26. The van der Waals surface area contributed by atoms with Gasteiger partial charge in [0.15, 0.2) is 6.61 Å². The van der Waals surface area contributed by atoms with Crippen molar-refractivity contribution in [3.63, 3.8) is 0 Å². The zero-order valence-electron chi connectivity index (χ0n) is 13.3. The predicted octanol–water partition coefficient (Wildman–Crippen LogP) is -0.0735. The summed E-state index contributed by atoms with van der Waals surface area (Å²) in [6, 6.07) is 6.60. The first-order valence-corrected chi connectivity index (χ1v) is 7.76. The van der Waals surface area contributed by atoms with Crippen molar-refractivity contribution in [1.29, 1.82) is 0 Å². The Bertz CT molecular complexity index is 618. The van der Waals surface area contributed by atoms with Gasteiger partial charge in [0.25, 0.3) is 11.8 Å². The molecule has 1 aromatic carbocycles. The Morgan fingerprint density at radius 3 is 2.38 bits per heavy atom. The van der Waals surface area contributed by atoms with Gasteiger partial charge in [0, 0.05) is 24.1 Å². The van der Waals surface area contributed by atoms with Crippen LogP contribution in [-0.2, 0) is 19.1 Å². The van der Waals surface area contributed by atoms with E-state index in [1.54, 1.807) is 24.3 Å². The summed E-state index contributed by atoms with van der Waals surface area (Å²) in [5.74, 6) is -2.03. The third-order valence-corrected chi connectivity index (χ3v) is 3.47. The van der Waals surface area contributed by atoms with E-state index >= 15 is 0 Å². The van der Waals surface area contributed by atoms with Gasteiger partial charge in [0.05, 0.1) is 6.54 Å². The van der Waals surface area contributed by atoms with Crippen LogP contribution in [0.2, 0.25) is 0 Å². The van der Waals surface area contributed by atoms with E-state index in [1.165, 1.54) is 14.1 Å². The Morgan fingerprint density at radius 2 is 1.79 bits per heavy atom. The van der Waals surface area contributed by atoms with E-state index < -0.39 is 24.4 Å². The topological polar surface area (TPSA) is 105 Å². The molecule has 0 bridgehead atoms. The van der Waals surface area contributed by atoms with Crippen LogP contribution in [-0.4, -0.2) is 62.4 Å². The fourth-order valence-electron chi connectivity index (χ4n) is 1.54. The molecule has 0 fully saturated rings. The van der Waals surface area contributed by atoms with E-state index in [-0.39, 0.29) is 19.0 Å². The molecule has 0 spiro atoms. The van der Waals surface area contributed by atoms with Gasteiger partial charge in [-0.1, -0.05) is 15.9 Å². The molecule has 1 rings (SSSR count). The number of rotatable bonds is 7. The Hall–Kier alpha value is -2.42. The maximum atomic E-state index is 11.8. The summed E-state index contributed by atoms with van der Waals surface area (Å²) in [4.78, 5) is 47.3. The van der Waals surface area contributed by atoms with Crippen LogP contribution in [0.3, 0.4) is 0 Å². The van der Waals surface area contributed by atoms with Crippen LogP contribution < -0.4 is 10.6 Å². The number of amides is 3. The van der Waals surface area contributed by atoms with E-state index in [0.29, 0.717) is 5.56 Å². The largest absolute Gasteiger partial charge is 0.454 e.